The fraction of sp³-hybridized carbons (Fsp3) is 0.294. The lowest BCUT2D eigenvalue weighted by Gasteiger charge is -2.17. The van der Waals surface area contributed by atoms with E-state index in [-0.39, 0.29) is 18.5 Å². The molecule has 2 rings (SSSR count). The van der Waals surface area contributed by atoms with Crippen LogP contribution in [0.5, 0.6) is 0 Å². The second-order valence-electron chi connectivity index (χ2n) is 5.02. The van der Waals surface area contributed by atoms with Crippen molar-refractivity contribution < 1.29 is 9.50 Å². The van der Waals surface area contributed by atoms with E-state index in [4.69, 9.17) is 0 Å². The molecule has 2 aromatic carbocycles. The summed E-state index contributed by atoms with van der Waals surface area (Å²) >= 11 is 0. The summed E-state index contributed by atoms with van der Waals surface area (Å²) in [4.78, 5) is 0. The van der Waals surface area contributed by atoms with Gasteiger partial charge in [0.1, 0.15) is 5.82 Å². The molecule has 0 saturated carbocycles. The van der Waals surface area contributed by atoms with E-state index >= 15 is 0 Å². The molecule has 20 heavy (non-hydrogen) atoms. The Balaban J connectivity index is 1.93. The third kappa shape index (κ3) is 4.15. The van der Waals surface area contributed by atoms with E-state index in [2.05, 4.69) is 5.32 Å². The number of nitrogens with one attached hydrogen (secondary N) is 1. The van der Waals surface area contributed by atoms with Crippen LogP contribution in [0.2, 0.25) is 0 Å². The first-order valence-corrected chi connectivity index (χ1v) is 6.82. The van der Waals surface area contributed by atoms with Crippen LogP contribution in [0, 0.1) is 12.7 Å². The van der Waals surface area contributed by atoms with Gasteiger partial charge in [0.2, 0.25) is 0 Å². The molecule has 3 heteroatoms. The molecule has 1 atom stereocenters. The first-order valence-electron chi connectivity index (χ1n) is 6.82. The predicted molar refractivity (Wildman–Crippen MR) is 79.0 cm³/mol. The summed E-state index contributed by atoms with van der Waals surface area (Å²) in [5, 5.41) is 12.8. The van der Waals surface area contributed by atoms with Gasteiger partial charge in [-0.15, -0.1) is 0 Å². The maximum absolute atomic E-state index is 13.0. The number of rotatable bonds is 6. The van der Waals surface area contributed by atoms with E-state index in [1.54, 1.807) is 6.07 Å². The topological polar surface area (TPSA) is 32.3 Å². The fourth-order valence-electron chi connectivity index (χ4n) is 2.21. The van der Waals surface area contributed by atoms with E-state index in [9.17, 15) is 9.50 Å². The van der Waals surface area contributed by atoms with Gasteiger partial charge in [-0.05, 0) is 42.2 Å². The highest BCUT2D eigenvalue weighted by molar-refractivity contribution is 5.26. The van der Waals surface area contributed by atoms with Gasteiger partial charge >= 0.3 is 0 Å². The SMILES string of the molecule is Cc1cc(F)ccc1CNC(CO)Cc1ccccc1. The van der Waals surface area contributed by atoms with Crippen LogP contribution in [-0.2, 0) is 13.0 Å². The molecule has 106 valence electrons. The van der Waals surface area contributed by atoms with Gasteiger partial charge in [0, 0.05) is 12.6 Å². The zero-order valence-corrected chi connectivity index (χ0v) is 11.6. The van der Waals surface area contributed by atoms with Crippen LogP contribution >= 0.6 is 0 Å². The minimum atomic E-state index is -0.214. The van der Waals surface area contributed by atoms with Gasteiger partial charge in [-0.1, -0.05) is 36.4 Å². The summed E-state index contributed by atoms with van der Waals surface area (Å²) < 4.78 is 13.0. The van der Waals surface area contributed by atoms with Crippen molar-refractivity contribution in [3.8, 4) is 0 Å². The Hall–Kier alpha value is -1.71. The molecule has 0 radical (unpaired) electrons. The molecule has 0 heterocycles. The molecular formula is C17H20FNO. The minimum absolute atomic E-state index is 0.00172. The standard InChI is InChI=1S/C17H20FNO/c1-13-9-16(18)8-7-15(13)11-19-17(12-20)10-14-5-3-2-4-6-14/h2-9,17,19-20H,10-12H2,1H3. The number of aliphatic hydroxyl groups excluding tert-OH is 1. The van der Waals surface area contributed by atoms with Gasteiger partial charge in [0.25, 0.3) is 0 Å². The van der Waals surface area contributed by atoms with Crippen LogP contribution in [0.1, 0.15) is 16.7 Å². The highest BCUT2D eigenvalue weighted by Crippen LogP contribution is 2.10. The quantitative estimate of drug-likeness (QED) is 0.848. The van der Waals surface area contributed by atoms with Gasteiger partial charge in [0.05, 0.1) is 6.61 Å². The monoisotopic (exact) mass is 273 g/mol. The number of halogens is 1. The van der Waals surface area contributed by atoms with Crippen molar-refractivity contribution in [3.63, 3.8) is 0 Å². The van der Waals surface area contributed by atoms with Crippen LogP contribution in [0.3, 0.4) is 0 Å². The Bertz CT molecular complexity index is 542. The smallest absolute Gasteiger partial charge is 0.123 e. The molecule has 0 saturated heterocycles. The first kappa shape index (κ1) is 14.7. The molecule has 1 unspecified atom stereocenters. The number of benzene rings is 2. The van der Waals surface area contributed by atoms with E-state index < -0.39 is 0 Å². The minimum Gasteiger partial charge on any atom is -0.395 e. The lowest BCUT2D eigenvalue weighted by Crippen LogP contribution is -2.34. The molecule has 0 fully saturated rings. The molecule has 2 aromatic rings. The Morgan fingerprint density at radius 1 is 1.15 bits per heavy atom. The van der Waals surface area contributed by atoms with Crippen molar-refractivity contribution in [2.24, 2.45) is 0 Å². The lowest BCUT2D eigenvalue weighted by molar-refractivity contribution is 0.240. The van der Waals surface area contributed by atoms with Crippen molar-refractivity contribution in [1.29, 1.82) is 0 Å². The van der Waals surface area contributed by atoms with Crippen molar-refractivity contribution in [2.75, 3.05) is 6.61 Å². The summed E-state index contributed by atoms with van der Waals surface area (Å²) in [6, 6.07) is 14.9. The largest absolute Gasteiger partial charge is 0.395 e. The molecule has 2 N–H and O–H groups in total. The van der Waals surface area contributed by atoms with Crippen molar-refractivity contribution in [3.05, 3.63) is 71.0 Å². The average Bonchev–Trinajstić information content (AvgIpc) is 2.46. The number of hydrogen-bond donors (Lipinski definition) is 2. The van der Waals surface area contributed by atoms with Gasteiger partial charge in [-0.3, -0.25) is 0 Å². The Morgan fingerprint density at radius 2 is 1.90 bits per heavy atom. The van der Waals surface area contributed by atoms with Crippen LogP contribution in [-0.4, -0.2) is 17.8 Å². The van der Waals surface area contributed by atoms with Gasteiger partial charge in [-0.2, -0.15) is 0 Å². The van der Waals surface area contributed by atoms with Crippen LogP contribution in [0.15, 0.2) is 48.5 Å². The molecular weight excluding hydrogens is 253 g/mol. The van der Waals surface area contributed by atoms with Gasteiger partial charge < -0.3 is 10.4 Å². The zero-order valence-electron chi connectivity index (χ0n) is 11.6. The van der Waals surface area contributed by atoms with E-state index in [1.165, 1.54) is 17.7 Å². The summed E-state index contributed by atoms with van der Waals surface area (Å²) in [6.07, 6.45) is 0.775. The molecule has 0 aliphatic rings. The van der Waals surface area contributed by atoms with Crippen LogP contribution in [0.25, 0.3) is 0 Å². The van der Waals surface area contributed by atoms with E-state index in [0.29, 0.717) is 6.54 Å². The van der Waals surface area contributed by atoms with Gasteiger partial charge in [0.15, 0.2) is 0 Å². The molecule has 0 aliphatic heterocycles. The maximum Gasteiger partial charge on any atom is 0.123 e. The lowest BCUT2D eigenvalue weighted by atomic mass is 10.0. The van der Waals surface area contributed by atoms with Crippen molar-refractivity contribution >= 4 is 0 Å². The molecule has 2 nitrogen and oxygen atoms in total. The zero-order chi connectivity index (χ0) is 14.4. The van der Waals surface area contributed by atoms with Gasteiger partial charge in [-0.25, -0.2) is 4.39 Å². The first-order chi connectivity index (χ1) is 9.69. The average molecular weight is 273 g/mol. The van der Waals surface area contributed by atoms with Crippen LogP contribution in [0.4, 0.5) is 4.39 Å². The molecule has 0 spiro atoms. The fourth-order valence-corrected chi connectivity index (χ4v) is 2.21. The summed E-state index contributed by atoms with van der Waals surface area (Å²) in [6.45, 7) is 2.60. The summed E-state index contributed by atoms with van der Waals surface area (Å²) in [5.41, 5.74) is 3.17. The third-order valence-corrected chi connectivity index (χ3v) is 3.43. The summed E-state index contributed by atoms with van der Waals surface area (Å²) in [5.74, 6) is -0.214. The van der Waals surface area contributed by atoms with Crippen molar-refractivity contribution in [2.45, 2.75) is 25.9 Å². The third-order valence-electron chi connectivity index (χ3n) is 3.43. The summed E-state index contributed by atoms with van der Waals surface area (Å²) in [7, 11) is 0. The molecule has 0 aliphatic carbocycles. The normalized spacial score (nSPS) is 12.3. The van der Waals surface area contributed by atoms with Crippen LogP contribution < -0.4 is 5.32 Å². The number of aliphatic hydroxyl groups is 1. The Labute approximate surface area is 119 Å². The molecule has 0 aromatic heterocycles. The van der Waals surface area contributed by atoms with E-state index in [1.807, 2.05) is 37.3 Å². The number of aryl methyl sites for hydroxylation is 1. The highest BCUT2D eigenvalue weighted by Gasteiger charge is 2.09. The Kier molecular flexibility index (Phi) is 5.27. The maximum atomic E-state index is 13.0. The predicted octanol–water partition coefficient (Wildman–Crippen LogP) is 2.83. The van der Waals surface area contributed by atoms with Crippen molar-refractivity contribution in [1.82, 2.24) is 5.32 Å². The molecule has 0 bridgehead atoms. The highest BCUT2D eigenvalue weighted by atomic mass is 19.1. The second-order valence-corrected chi connectivity index (χ2v) is 5.02. The second kappa shape index (κ2) is 7.17. The van der Waals surface area contributed by atoms with E-state index in [0.717, 1.165) is 17.5 Å². The molecule has 0 amide bonds. The Morgan fingerprint density at radius 3 is 2.55 bits per heavy atom. The number of hydrogen-bond acceptors (Lipinski definition) is 2.